The molecule has 1 unspecified atom stereocenters. The van der Waals surface area contributed by atoms with Gasteiger partial charge in [0, 0.05) is 24.8 Å². The van der Waals surface area contributed by atoms with E-state index in [1.165, 1.54) is 24.1 Å². The lowest BCUT2D eigenvalue weighted by Gasteiger charge is -2.34. The molecule has 0 radical (unpaired) electrons. The molecule has 108 valence electrons. The summed E-state index contributed by atoms with van der Waals surface area (Å²) in [6.07, 6.45) is 5.79. The predicted octanol–water partition coefficient (Wildman–Crippen LogP) is 1.40. The number of nitrogens with one attached hydrogen (secondary N) is 1. The van der Waals surface area contributed by atoms with Crippen LogP contribution in [0.3, 0.4) is 0 Å². The van der Waals surface area contributed by atoms with Crippen LogP contribution in [0.15, 0.2) is 6.20 Å². The van der Waals surface area contributed by atoms with E-state index in [4.69, 9.17) is 9.72 Å². The zero-order valence-corrected chi connectivity index (χ0v) is 12.1. The zero-order chi connectivity index (χ0) is 13.6. The van der Waals surface area contributed by atoms with Gasteiger partial charge in [-0.1, -0.05) is 0 Å². The molecular weight excluding hydrogens is 252 g/mol. The van der Waals surface area contributed by atoms with Gasteiger partial charge >= 0.3 is 0 Å². The first-order chi connectivity index (χ1) is 9.75. The largest absolute Gasteiger partial charge is 0.376 e. The second kappa shape index (κ2) is 4.67. The van der Waals surface area contributed by atoms with Crippen LogP contribution in [0.1, 0.15) is 30.5 Å². The van der Waals surface area contributed by atoms with Gasteiger partial charge in [0.1, 0.15) is 0 Å². The molecule has 1 aromatic heterocycles. The Morgan fingerprint density at radius 2 is 2.40 bits per heavy atom. The number of anilines is 1. The quantitative estimate of drug-likeness (QED) is 0.903. The molecule has 3 aliphatic rings. The van der Waals surface area contributed by atoms with Crippen LogP contribution >= 0.6 is 0 Å². The minimum absolute atomic E-state index is 0.0846. The van der Waals surface area contributed by atoms with Crippen LogP contribution in [0, 0.1) is 5.92 Å². The lowest BCUT2D eigenvalue weighted by Crippen LogP contribution is -2.40. The molecule has 5 heteroatoms. The third-order valence-electron chi connectivity index (χ3n) is 4.79. The average molecular weight is 274 g/mol. The highest BCUT2D eigenvalue weighted by molar-refractivity contribution is 5.36. The van der Waals surface area contributed by atoms with Crippen molar-refractivity contribution in [1.82, 2.24) is 14.9 Å². The zero-order valence-electron chi connectivity index (χ0n) is 12.1. The molecule has 1 saturated heterocycles. The number of likely N-dealkylation sites (tertiary alicyclic amines) is 1. The highest BCUT2D eigenvalue weighted by Gasteiger charge is 2.43. The van der Waals surface area contributed by atoms with Crippen molar-refractivity contribution >= 4 is 5.95 Å². The summed E-state index contributed by atoms with van der Waals surface area (Å²) in [5.41, 5.74) is 2.48. The summed E-state index contributed by atoms with van der Waals surface area (Å²) < 4.78 is 5.80. The van der Waals surface area contributed by atoms with E-state index in [0.717, 1.165) is 44.5 Å². The first kappa shape index (κ1) is 12.5. The van der Waals surface area contributed by atoms with Gasteiger partial charge in [0.2, 0.25) is 5.95 Å². The van der Waals surface area contributed by atoms with Gasteiger partial charge in [-0.25, -0.2) is 9.97 Å². The highest BCUT2D eigenvalue weighted by Crippen LogP contribution is 2.38. The maximum Gasteiger partial charge on any atom is 0.222 e. The van der Waals surface area contributed by atoms with Gasteiger partial charge in [0.05, 0.1) is 24.3 Å². The summed E-state index contributed by atoms with van der Waals surface area (Å²) in [7, 11) is 2.18. The van der Waals surface area contributed by atoms with Crippen LogP contribution in [0.2, 0.25) is 0 Å². The minimum atomic E-state index is 0.0846. The van der Waals surface area contributed by atoms with Crippen molar-refractivity contribution in [1.29, 1.82) is 0 Å². The third kappa shape index (κ3) is 2.19. The number of fused-ring (bicyclic) bond motifs is 2. The number of hydrogen-bond donors (Lipinski definition) is 1. The van der Waals surface area contributed by atoms with Crippen molar-refractivity contribution in [3.8, 4) is 0 Å². The van der Waals surface area contributed by atoms with Crippen LogP contribution < -0.4 is 5.32 Å². The fourth-order valence-electron chi connectivity index (χ4n) is 3.43. The molecule has 4 rings (SSSR count). The van der Waals surface area contributed by atoms with Crippen molar-refractivity contribution in [3.63, 3.8) is 0 Å². The lowest BCUT2D eigenvalue weighted by molar-refractivity contribution is 0.0516. The van der Waals surface area contributed by atoms with Gasteiger partial charge in [-0.3, -0.25) is 0 Å². The predicted molar refractivity (Wildman–Crippen MR) is 76.7 cm³/mol. The van der Waals surface area contributed by atoms with E-state index >= 15 is 0 Å². The van der Waals surface area contributed by atoms with E-state index in [1.54, 1.807) is 0 Å². The topological polar surface area (TPSA) is 50.3 Å². The molecule has 1 aliphatic carbocycles. The molecule has 0 aromatic carbocycles. The molecule has 2 aliphatic heterocycles. The van der Waals surface area contributed by atoms with Crippen molar-refractivity contribution in [3.05, 3.63) is 17.5 Å². The fraction of sp³-hybridized carbons (Fsp3) is 0.733. The molecule has 1 spiro atoms. The van der Waals surface area contributed by atoms with Crippen LogP contribution in [-0.4, -0.2) is 48.2 Å². The molecule has 2 fully saturated rings. The smallest absolute Gasteiger partial charge is 0.222 e. The maximum atomic E-state index is 5.80. The molecular formula is C15H22N4O. The molecule has 1 saturated carbocycles. The summed E-state index contributed by atoms with van der Waals surface area (Å²) in [5.74, 6) is 1.64. The first-order valence-corrected chi connectivity index (χ1v) is 7.62. The molecule has 1 atom stereocenters. The van der Waals surface area contributed by atoms with E-state index in [1.807, 2.05) is 6.20 Å². The van der Waals surface area contributed by atoms with E-state index < -0.39 is 0 Å². The lowest BCUT2D eigenvalue weighted by atomic mass is 9.81. The summed E-state index contributed by atoms with van der Waals surface area (Å²) in [6, 6.07) is 0. The Kier molecular flexibility index (Phi) is 2.93. The van der Waals surface area contributed by atoms with Crippen LogP contribution in [0.5, 0.6) is 0 Å². The fourth-order valence-corrected chi connectivity index (χ4v) is 3.43. The molecule has 1 N–H and O–H groups in total. The van der Waals surface area contributed by atoms with Gasteiger partial charge < -0.3 is 15.0 Å². The Balaban J connectivity index is 1.62. The standard InChI is InChI=1S/C15H22N4O/c1-19-5-4-15(9-19)10-20-8-12-7-17-14(18-13(12)15)16-6-11-2-3-11/h7,11H,2-6,8-10H2,1H3,(H,16,17,18). The van der Waals surface area contributed by atoms with Crippen LogP contribution in [0.25, 0.3) is 0 Å². The Bertz CT molecular complexity index is 517. The van der Waals surface area contributed by atoms with Crippen molar-refractivity contribution in [2.45, 2.75) is 31.3 Å². The summed E-state index contributed by atoms with van der Waals surface area (Å²) >= 11 is 0. The summed E-state index contributed by atoms with van der Waals surface area (Å²) in [6.45, 7) is 4.63. The molecule has 0 bridgehead atoms. The highest BCUT2D eigenvalue weighted by atomic mass is 16.5. The van der Waals surface area contributed by atoms with E-state index in [9.17, 15) is 0 Å². The average Bonchev–Trinajstić information content (AvgIpc) is 3.21. The number of nitrogens with zero attached hydrogens (tertiary/aromatic N) is 3. The number of hydrogen-bond acceptors (Lipinski definition) is 5. The summed E-state index contributed by atoms with van der Waals surface area (Å²) in [5, 5.41) is 3.40. The normalized spacial score (nSPS) is 29.6. The van der Waals surface area contributed by atoms with Crippen molar-refractivity contribution in [2.75, 3.05) is 38.6 Å². The van der Waals surface area contributed by atoms with E-state index in [-0.39, 0.29) is 5.41 Å². The minimum Gasteiger partial charge on any atom is -0.376 e. The first-order valence-electron chi connectivity index (χ1n) is 7.62. The van der Waals surface area contributed by atoms with Gasteiger partial charge in [-0.2, -0.15) is 0 Å². The number of aromatic nitrogens is 2. The number of ether oxygens (including phenoxy) is 1. The Hall–Kier alpha value is -1.20. The van der Waals surface area contributed by atoms with Crippen molar-refractivity contribution < 1.29 is 4.74 Å². The van der Waals surface area contributed by atoms with Crippen LogP contribution in [0.4, 0.5) is 5.95 Å². The number of likely N-dealkylation sites (N-methyl/N-ethyl adjacent to an activating group) is 1. The molecule has 0 amide bonds. The third-order valence-corrected chi connectivity index (χ3v) is 4.79. The molecule has 3 heterocycles. The second-order valence-corrected chi connectivity index (χ2v) is 6.65. The molecule has 20 heavy (non-hydrogen) atoms. The monoisotopic (exact) mass is 274 g/mol. The van der Waals surface area contributed by atoms with Gasteiger partial charge in [0.15, 0.2) is 0 Å². The maximum absolute atomic E-state index is 5.80. The summed E-state index contributed by atoms with van der Waals surface area (Å²) in [4.78, 5) is 11.7. The van der Waals surface area contributed by atoms with E-state index in [0.29, 0.717) is 6.61 Å². The van der Waals surface area contributed by atoms with Gasteiger partial charge in [-0.05, 0) is 38.8 Å². The van der Waals surface area contributed by atoms with Crippen LogP contribution in [-0.2, 0) is 16.8 Å². The molecule has 5 nitrogen and oxygen atoms in total. The second-order valence-electron chi connectivity index (χ2n) is 6.65. The SMILES string of the molecule is CN1CCC2(COCc3cnc(NCC4CC4)nc32)C1. The number of rotatable bonds is 3. The van der Waals surface area contributed by atoms with Gasteiger partial charge in [-0.15, -0.1) is 0 Å². The van der Waals surface area contributed by atoms with Gasteiger partial charge in [0.25, 0.3) is 0 Å². The Morgan fingerprint density at radius 3 is 3.15 bits per heavy atom. The Morgan fingerprint density at radius 1 is 1.50 bits per heavy atom. The molecule has 1 aromatic rings. The van der Waals surface area contributed by atoms with Crippen molar-refractivity contribution in [2.24, 2.45) is 5.92 Å². The Labute approximate surface area is 119 Å². The van der Waals surface area contributed by atoms with E-state index in [2.05, 4.69) is 22.2 Å².